The third kappa shape index (κ3) is 5.45. The lowest BCUT2D eigenvalue weighted by atomic mass is 9.95. The molecule has 3 unspecified atom stereocenters. The van der Waals surface area contributed by atoms with Gasteiger partial charge in [-0.25, -0.2) is 8.42 Å². The molecule has 9 heteroatoms. The van der Waals surface area contributed by atoms with Gasteiger partial charge in [0.05, 0.1) is 11.0 Å². The molecule has 1 aromatic carbocycles. The van der Waals surface area contributed by atoms with E-state index in [-0.39, 0.29) is 29.8 Å². The third-order valence-electron chi connectivity index (χ3n) is 6.20. The Bertz CT molecular complexity index is 926. The summed E-state index contributed by atoms with van der Waals surface area (Å²) in [5.74, 6) is -1.21. The lowest BCUT2D eigenvalue weighted by Crippen LogP contribution is -2.46. The van der Waals surface area contributed by atoms with E-state index in [9.17, 15) is 23.1 Å². The van der Waals surface area contributed by atoms with E-state index in [0.717, 1.165) is 47.5 Å². The highest BCUT2D eigenvalue weighted by Gasteiger charge is 2.45. The Hall–Kier alpha value is -1.97. The van der Waals surface area contributed by atoms with Crippen LogP contribution in [0.5, 0.6) is 0 Å². The maximum atomic E-state index is 13.2. The van der Waals surface area contributed by atoms with Crippen molar-refractivity contribution in [2.24, 2.45) is 0 Å². The average Bonchev–Trinajstić information content (AvgIpc) is 3.13. The highest BCUT2D eigenvalue weighted by atomic mass is 32.2. The van der Waals surface area contributed by atoms with Gasteiger partial charge in [0.1, 0.15) is 6.04 Å². The molecule has 3 rings (SSSR count). The van der Waals surface area contributed by atoms with Crippen LogP contribution in [0.25, 0.3) is 0 Å². The van der Waals surface area contributed by atoms with E-state index in [1.807, 2.05) is 13.8 Å². The molecule has 2 fully saturated rings. The van der Waals surface area contributed by atoms with Gasteiger partial charge in [-0.15, -0.1) is 0 Å². The number of hydrogen-bond donors (Lipinski definition) is 2. The number of aliphatic hydroxyl groups excluding tert-OH is 1. The standard InChI is InChI=1S/C22H32N2O6S/c1-14-9-10-19(11-15(14)2)31(28,29)24-13-18(25)12-20(24)22(27)30-16(3)21(26)23-17-7-5-4-6-8-17/h9-11,16-18,20,25H,4-8,12-13H2,1-3H3,(H,23,26). The van der Waals surface area contributed by atoms with Crippen LogP contribution in [0.15, 0.2) is 23.1 Å². The largest absolute Gasteiger partial charge is 0.451 e. The summed E-state index contributed by atoms with van der Waals surface area (Å²) >= 11 is 0. The van der Waals surface area contributed by atoms with Crippen molar-refractivity contribution in [1.82, 2.24) is 9.62 Å². The number of ether oxygens (including phenoxy) is 1. The zero-order valence-electron chi connectivity index (χ0n) is 18.3. The van der Waals surface area contributed by atoms with E-state index < -0.39 is 34.2 Å². The molecular weight excluding hydrogens is 420 g/mol. The van der Waals surface area contributed by atoms with E-state index in [0.29, 0.717) is 0 Å². The number of amides is 1. The number of carbonyl (C=O) groups excluding carboxylic acids is 2. The third-order valence-corrected chi connectivity index (χ3v) is 8.08. The zero-order chi connectivity index (χ0) is 22.8. The summed E-state index contributed by atoms with van der Waals surface area (Å²) in [6.45, 7) is 4.97. The van der Waals surface area contributed by atoms with E-state index in [2.05, 4.69) is 5.32 Å². The number of nitrogens with zero attached hydrogens (tertiary/aromatic N) is 1. The van der Waals surface area contributed by atoms with Gasteiger partial charge in [-0.2, -0.15) is 4.31 Å². The molecule has 172 valence electrons. The first-order chi connectivity index (χ1) is 14.6. The van der Waals surface area contributed by atoms with Gasteiger partial charge in [0.2, 0.25) is 10.0 Å². The molecule has 1 heterocycles. The Morgan fingerprint density at radius 3 is 2.48 bits per heavy atom. The van der Waals surface area contributed by atoms with Crippen molar-refractivity contribution in [2.75, 3.05) is 6.54 Å². The number of hydrogen-bond acceptors (Lipinski definition) is 6. The quantitative estimate of drug-likeness (QED) is 0.637. The summed E-state index contributed by atoms with van der Waals surface area (Å²) in [7, 11) is -4.01. The van der Waals surface area contributed by atoms with Crippen molar-refractivity contribution >= 4 is 21.9 Å². The van der Waals surface area contributed by atoms with Crippen LogP contribution in [0.2, 0.25) is 0 Å². The Kier molecular flexibility index (Phi) is 7.39. The second-order valence-electron chi connectivity index (χ2n) is 8.65. The second-order valence-corrected chi connectivity index (χ2v) is 10.5. The van der Waals surface area contributed by atoms with Crippen molar-refractivity contribution in [3.05, 3.63) is 29.3 Å². The topological polar surface area (TPSA) is 113 Å². The fourth-order valence-electron chi connectivity index (χ4n) is 4.15. The molecule has 2 aliphatic rings. The smallest absolute Gasteiger partial charge is 0.325 e. The Morgan fingerprint density at radius 2 is 1.84 bits per heavy atom. The van der Waals surface area contributed by atoms with Gasteiger partial charge in [-0.3, -0.25) is 9.59 Å². The summed E-state index contributed by atoms with van der Waals surface area (Å²) in [4.78, 5) is 25.3. The minimum atomic E-state index is -4.01. The summed E-state index contributed by atoms with van der Waals surface area (Å²) < 4.78 is 32.6. The van der Waals surface area contributed by atoms with E-state index in [1.54, 1.807) is 12.1 Å². The first-order valence-electron chi connectivity index (χ1n) is 10.9. The van der Waals surface area contributed by atoms with Gasteiger partial charge < -0.3 is 15.2 Å². The van der Waals surface area contributed by atoms with E-state index in [4.69, 9.17) is 4.74 Å². The summed E-state index contributed by atoms with van der Waals surface area (Å²) in [6, 6.07) is 3.66. The maximum absolute atomic E-state index is 13.2. The second kappa shape index (κ2) is 9.67. The highest BCUT2D eigenvalue weighted by molar-refractivity contribution is 7.89. The van der Waals surface area contributed by atoms with Gasteiger partial charge in [-0.1, -0.05) is 25.3 Å². The summed E-state index contributed by atoms with van der Waals surface area (Å²) in [5, 5.41) is 13.0. The van der Waals surface area contributed by atoms with Crippen LogP contribution in [0.4, 0.5) is 0 Å². The van der Waals surface area contributed by atoms with Crippen LogP contribution in [0.3, 0.4) is 0 Å². The number of nitrogens with one attached hydrogen (secondary N) is 1. The van der Waals surface area contributed by atoms with Crippen LogP contribution in [-0.2, 0) is 24.3 Å². The minimum absolute atomic E-state index is 0.0607. The fraction of sp³-hybridized carbons (Fsp3) is 0.636. The highest BCUT2D eigenvalue weighted by Crippen LogP contribution is 2.28. The Balaban J connectivity index is 1.70. The van der Waals surface area contributed by atoms with Crippen LogP contribution >= 0.6 is 0 Å². The van der Waals surface area contributed by atoms with E-state index >= 15 is 0 Å². The summed E-state index contributed by atoms with van der Waals surface area (Å²) in [6.07, 6.45) is 3.00. The Labute approximate surface area is 184 Å². The lowest BCUT2D eigenvalue weighted by molar-refractivity contribution is -0.158. The molecule has 1 saturated carbocycles. The molecule has 1 aliphatic heterocycles. The number of β-amino-alcohol motifs (C(OH)–C–C–N with tert-alkyl or cyclic N) is 1. The Morgan fingerprint density at radius 1 is 1.16 bits per heavy atom. The molecule has 31 heavy (non-hydrogen) atoms. The number of sulfonamides is 1. The number of aryl methyl sites for hydroxylation is 2. The van der Waals surface area contributed by atoms with E-state index in [1.165, 1.54) is 13.0 Å². The molecule has 1 amide bonds. The molecule has 0 radical (unpaired) electrons. The molecule has 1 aromatic rings. The molecule has 0 aromatic heterocycles. The van der Waals surface area contributed by atoms with Crippen molar-refractivity contribution in [1.29, 1.82) is 0 Å². The van der Waals surface area contributed by atoms with Crippen LogP contribution in [-0.4, -0.2) is 60.5 Å². The fourth-order valence-corrected chi connectivity index (χ4v) is 5.86. The molecule has 1 aliphatic carbocycles. The average molecular weight is 453 g/mol. The van der Waals surface area contributed by atoms with Crippen molar-refractivity contribution in [3.63, 3.8) is 0 Å². The van der Waals surface area contributed by atoms with Crippen LogP contribution in [0, 0.1) is 13.8 Å². The first kappa shape index (κ1) is 23.7. The number of carbonyl (C=O) groups is 2. The van der Waals surface area contributed by atoms with Crippen molar-refractivity contribution < 1.29 is 27.9 Å². The van der Waals surface area contributed by atoms with Crippen molar-refractivity contribution in [3.8, 4) is 0 Å². The van der Waals surface area contributed by atoms with Gasteiger partial charge in [0, 0.05) is 19.0 Å². The van der Waals surface area contributed by atoms with Crippen LogP contribution < -0.4 is 5.32 Å². The monoisotopic (exact) mass is 452 g/mol. The molecule has 8 nitrogen and oxygen atoms in total. The van der Waals surface area contributed by atoms with Crippen molar-refractivity contribution in [2.45, 2.75) is 88.5 Å². The van der Waals surface area contributed by atoms with Gasteiger partial charge in [0.15, 0.2) is 6.10 Å². The lowest BCUT2D eigenvalue weighted by Gasteiger charge is -2.26. The predicted molar refractivity (Wildman–Crippen MR) is 115 cm³/mol. The first-order valence-corrected chi connectivity index (χ1v) is 12.3. The molecule has 0 spiro atoms. The number of rotatable bonds is 6. The number of esters is 1. The van der Waals surface area contributed by atoms with Crippen LogP contribution in [0.1, 0.15) is 56.6 Å². The molecule has 1 saturated heterocycles. The molecular formula is C22H32N2O6S. The summed E-state index contributed by atoms with van der Waals surface area (Å²) in [5.41, 5.74) is 1.77. The number of benzene rings is 1. The minimum Gasteiger partial charge on any atom is -0.451 e. The molecule has 2 N–H and O–H groups in total. The van der Waals surface area contributed by atoms with Gasteiger partial charge in [0.25, 0.3) is 5.91 Å². The molecule has 3 atom stereocenters. The van der Waals surface area contributed by atoms with Gasteiger partial charge >= 0.3 is 5.97 Å². The maximum Gasteiger partial charge on any atom is 0.325 e. The van der Waals surface area contributed by atoms with Gasteiger partial charge in [-0.05, 0) is 56.9 Å². The zero-order valence-corrected chi connectivity index (χ0v) is 19.2. The SMILES string of the molecule is Cc1ccc(S(=O)(=O)N2CC(O)CC2C(=O)OC(C)C(=O)NC2CCCCC2)cc1C. The predicted octanol–water partition coefficient (Wildman–Crippen LogP) is 1.81. The number of aliphatic hydroxyl groups is 1. The normalized spacial score (nSPS) is 24.0. The molecule has 0 bridgehead atoms.